The number of benzene rings is 2. The summed E-state index contributed by atoms with van der Waals surface area (Å²) in [7, 11) is 1.52. The molecule has 2 N–H and O–H groups in total. The molecule has 2 aromatic carbocycles. The van der Waals surface area contributed by atoms with Crippen molar-refractivity contribution in [1.29, 1.82) is 0 Å². The van der Waals surface area contributed by atoms with Gasteiger partial charge in [-0.25, -0.2) is 0 Å². The van der Waals surface area contributed by atoms with Gasteiger partial charge in [0.15, 0.2) is 0 Å². The SMILES string of the molecule is COCCC(=O)N[C@@H](CC(=O)O)c1ccc2ccccc2c1. The molecule has 2 rings (SSSR count). The number of carboxylic acid groups (broad SMARTS) is 1. The normalized spacial score (nSPS) is 12.0. The highest BCUT2D eigenvalue weighted by Crippen LogP contribution is 2.22. The second kappa shape index (κ2) is 7.56. The maximum absolute atomic E-state index is 11.8. The molecule has 0 heterocycles. The Hall–Kier alpha value is -2.40. The Balaban J connectivity index is 2.22. The second-order valence-corrected chi connectivity index (χ2v) is 5.07. The number of hydrogen-bond acceptors (Lipinski definition) is 3. The third-order valence-electron chi connectivity index (χ3n) is 3.42. The van der Waals surface area contributed by atoms with Crippen LogP contribution in [0.4, 0.5) is 0 Å². The topological polar surface area (TPSA) is 75.6 Å². The standard InChI is InChI=1S/C17H19NO4/c1-22-9-8-16(19)18-15(11-17(20)21)14-7-6-12-4-2-3-5-13(12)10-14/h2-7,10,15H,8-9,11H2,1H3,(H,18,19)(H,20,21)/t15-/m0/s1. The number of hydrogen-bond donors (Lipinski definition) is 2. The van der Waals surface area contributed by atoms with Crippen molar-refractivity contribution in [3.63, 3.8) is 0 Å². The summed E-state index contributed by atoms with van der Waals surface area (Å²) in [4.78, 5) is 22.9. The zero-order valence-electron chi connectivity index (χ0n) is 12.4. The number of fused-ring (bicyclic) bond motifs is 1. The van der Waals surface area contributed by atoms with E-state index in [1.807, 2.05) is 42.5 Å². The fraction of sp³-hybridized carbons (Fsp3) is 0.294. The summed E-state index contributed by atoms with van der Waals surface area (Å²) < 4.78 is 4.86. The molecule has 0 saturated heterocycles. The quantitative estimate of drug-likeness (QED) is 0.824. The van der Waals surface area contributed by atoms with Gasteiger partial charge in [-0.2, -0.15) is 0 Å². The molecular formula is C17H19NO4. The van der Waals surface area contributed by atoms with Crippen LogP contribution in [0.3, 0.4) is 0 Å². The molecular weight excluding hydrogens is 282 g/mol. The molecule has 1 atom stereocenters. The predicted octanol–water partition coefficient (Wildman–Crippen LogP) is 2.51. The van der Waals surface area contributed by atoms with Crippen LogP contribution in [0.15, 0.2) is 42.5 Å². The molecule has 5 heteroatoms. The van der Waals surface area contributed by atoms with E-state index in [1.54, 1.807) is 0 Å². The number of carbonyl (C=O) groups excluding carboxylic acids is 1. The second-order valence-electron chi connectivity index (χ2n) is 5.07. The van der Waals surface area contributed by atoms with Crippen LogP contribution in [0.2, 0.25) is 0 Å². The minimum Gasteiger partial charge on any atom is -0.481 e. The third kappa shape index (κ3) is 4.30. The van der Waals surface area contributed by atoms with E-state index in [0.717, 1.165) is 16.3 Å². The smallest absolute Gasteiger partial charge is 0.305 e. The maximum Gasteiger partial charge on any atom is 0.305 e. The molecule has 1 amide bonds. The molecule has 0 bridgehead atoms. The fourth-order valence-electron chi connectivity index (χ4n) is 2.31. The fourth-order valence-corrected chi connectivity index (χ4v) is 2.31. The molecule has 0 spiro atoms. The number of amides is 1. The highest BCUT2D eigenvalue weighted by Gasteiger charge is 2.18. The summed E-state index contributed by atoms with van der Waals surface area (Å²) in [5.41, 5.74) is 0.784. The monoisotopic (exact) mass is 301 g/mol. The van der Waals surface area contributed by atoms with Crippen LogP contribution < -0.4 is 5.32 Å². The van der Waals surface area contributed by atoms with E-state index in [9.17, 15) is 9.59 Å². The van der Waals surface area contributed by atoms with Gasteiger partial charge in [0, 0.05) is 13.5 Å². The third-order valence-corrected chi connectivity index (χ3v) is 3.42. The number of nitrogens with one attached hydrogen (secondary N) is 1. The molecule has 22 heavy (non-hydrogen) atoms. The number of rotatable bonds is 7. The van der Waals surface area contributed by atoms with Crippen molar-refractivity contribution in [2.45, 2.75) is 18.9 Å². The van der Waals surface area contributed by atoms with Gasteiger partial charge < -0.3 is 15.2 Å². The molecule has 2 aromatic rings. The van der Waals surface area contributed by atoms with Crippen molar-refractivity contribution in [1.82, 2.24) is 5.32 Å². The highest BCUT2D eigenvalue weighted by atomic mass is 16.5. The lowest BCUT2D eigenvalue weighted by Crippen LogP contribution is -2.30. The molecule has 0 aliphatic rings. The Morgan fingerprint density at radius 3 is 2.59 bits per heavy atom. The first kappa shape index (κ1) is 16.0. The van der Waals surface area contributed by atoms with Gasteiger partial charge in [0.05, 0.1) is 19.1 Å². The largest absolute Gasteiger partial charge is 0.481 e. The Morgan fingerprint density at radius 2 is 1.91 bits per heavy atom. The summed E-state index contributed by atoms with van der Waals surface area (Å²) in [6.07, 6.45) is 0.0528. The van der Waals surface area contributed by atoms with Crippen molar-refractivity contribution >= 4 is 22.6 Å². The first-order valence-electron chi connectivity index (χ1n) is 7.09. The maximum atomic E-state index is 11.8. The lowest BCUT2D eigenvalue weighted by molar-refractivity contribution is -0.137. The average Bonchev–Trinajstić information content (AvgIpc) is 2.51. The lowest BCUT2D eigenvalue weighted by atomic mass is 9.99. The van der Waals surface area contributed by atoms with Crippen LogP contribution in [0, 0.1) is 0 Å². The average molecular weight is 301 g/mol. The van der Waals surface area contributed by atoms with E-state index in [-0.39, 0.29) is 18.7 Å². The van der Waals surface area contributed by atoms with Crippen LogP contribution in [0.1, 0.15) is 24.4 Å². The van der Waals surface area contributed by atoms with Crippen LogP contribution in [-0.2, 0) is 14.3 Å². The van der Waals surface area contributed by atoms with Crippen LogP contribution in [0.25, 0.3) is 10.8 Å². The van der Waals surface area contributed by atoms with Gasteiger partial charge in [-0.3, -0.25) is 9.59 Å². The molecule has 0 radical (unpaired) electrons. The van der Waals surface area contributed by atoms with Crippen molar-refractivity contribution in [2.75, 3.05) is 13.7 Å². The van der Waals surface area contributed by atoms with Crippen molar-refractivity contribution in [2.24, 2.45) is 0 Å². The Bertz CT molecular complexity index is 669. The minimum atomic E-state index is -0.954. The molecule has 0 saturated carbocycles. The van der Waals surface area contributed by atoms with Gasteiger partial charge >= 0.3 is 5.97 Å². The highest BCUT2D eigenvalue weighted by molar-refractivity contribution is 5.84. The molecule has 116 valence electrons. The lowest BCUT2D eigenvalue weighted by Gasteiger charge is -2.18. The summed E-state index contributed by atoms with van der Waals surface area (Å²) in [6, 6.07) is 13.0. The Morgan fingerprint density at radius 1 is 1.18 bits per heavy atom. The van der Waals surface area contributed by atoms with E-state index in [0.29, 0.717) is 6.61 Å². The predicted molar refractivity (Wildman–Crippen MR) is 83.6 cm³/mol. The zero-order valence-corrected chi connectivity index (χ0v) is 12.4. The minimum absolute atomic E-state index is 0.156. The summed E-state index contributed by atoms with van der Waals surface area (Å²) >= 11 is 0. The Labute approximate surface area is 128 Å². The summed E-state index contributed by atoms with van der Waals surface area (Å²) in [6.45, 7) is 0.309. The molecule has 5 nitrogen and oxygen atoms in total. The first-order valence-corrected chi connectivity index (χ1v) is 7.09. The number of carboxylic acids is 1. The van der Waals surface area contributed by atoms with Crippen molar-refractivity contribution < 1.29 is 19.4 Å². The van der Waals surface area contributed by atoms with Crippen molar-refractivity contribution in [3.8, 4) is 0 Å². The van der Waals surface area contributed by atoms with Gasteiger partial charge in [0.25, 0.3) is 0 Å². The summed E-state index contributed by atoms with van der Waals surface area (Å²) in [5, 5.41) is 13.9. The van der Waals surface area contributed by atoms with E-state index in [1.165, 1.54) is 7.11 Å². The van der Waals surface area contributed by atoms with Crippen LogP contribution >= 0.6 is 0 Å². The number of ether oxygens (including phenoxy) is 1. The van der Waals surface area contributed by atoms with Crippen molar-refractivity contribution in [3.05, 3.63) is 48.0 Å². The number of methoxy groups -OCH3 is 1. The van der Waals surface area contributed by atoms with E-state index in [2.05, 4.69) is 5.32 Å². The number of carbonyl (C=O) groups is 2. The molecule has 0 unspecified atom stereocenters. The first-order chi connectivity index (χ1) is 10.6. The van der Waals surface area contributed by atoms with Gasteiger partial charge in [-0.1, -0.05) is 36.4 Å². The number of aliphatic carboxylic acids is 1. The zero-order chi connectivity index (χ0) is 15.9. The molecule has 0 fully saturated rings. The molecule has 0 aliphatic heterocycles. The van der Waals surface area contributed by atoms with E-state index >= 15 is 0 Å². The van der Waals surface area contributed by atoms with E-state index < -0.39 is 12.0 Å². The van der Waals surface area contributed by atoms with Gasteiger partial charge in [-0.15, -0.1) is 0 Å². The van der Waals surface area contributed by atoms with Crippen LogP contribution in [0.5, 0.6) is 0 Å². The molecule has 0 aliphatic carbocycles. The Kier molecular flexibility index (Phi) is 5.49. The summed E-state index contributed by atoms with van der Waals surface area (Å²) in [5.74, 6) is -1.17. The van der Waals surface area contributed by atoms with Crippen LogP contribution in [-0.4, -0.2) is 30.7 Å². The van der Waals surface area contributed by atoms with Gasteiger partial charge in [-0.05, 0) is 22.4 Å². The molecule has 0 aromatic heterocycles. The van der Waals surface area contributed by atoms with Gasteiger partial charge in [0.1, 0.15) is 0 Å². The van der Waals surface area contributed by atoms with E-state index in [4.69, 9.17) is 9.84 Å². The van der Waals surface area contributed by atoms with Gasteiger partial charge in [0.2, 0.25) is 5.91 Å².